The summed E-state index contributed by atoms with van der Waals surface area (Å²) in [6.07, 6.45) is 20.7. The van der Waals surface area contributed by atoms with Crippen molar-refractivity contribution in [2.75, 3.05) is 9.80 Å². The zero-order valence-electron chi connectivity index (χ0n) is 63.5. The van der Waals surface area contributed by atoms with Crippen LogP contribution in [-0.2, 0) is 36.5 Å². The molecule has 3 aliphatic carbocycles. The number of hydrogen-bond donors (Lipinski definition) is 0. The zero-order chi connectivity index (χ0) is 76.4. The Bertz CT molecular complexity index is 6540. The fourth-order valence-electron chi connectivity index (χ4n) is 19.0. The Hall–Kier alpha value is -13.2. The fraction of sp³-hybridized carbons (Fsp3) is 0.0727. The van der Waals surface area contributed by atoms with Crippen molar-refractivity contribution in [1.29, 1.82) is 0 Å². The Kier molecular flexibility index (Phi) is 17.9. The van der Waals surface area contributed by atoms with Crippen LogP contribution in [0.4, 0.5) is 34.1 Å². The molecule has 17 aromatic rings. The summed E-state index contributed by atoms with van der Waals surface area (Å²) < 4.78 is 5.11. The summed E-state index contributed by atoms with van der Waals surface area (Å²) in [5, 5.41) is 5.13. The second-order valence-corrected chi connectivity index (χ2v) is 33.2. The number of allylic oxidation sites excluding steroid dienone is 4. The van der Waals surface area contributed by atoms with Crippen LogP contribution in [0.3, 0.4) is 0 Å². The Morgan fingerprint density at radius 3 is 1.08 bits per heavy atom. The maximum Gasteiger partial charge on any atom is 0.0476 e. The van der Waals surface area contributed by atoms with Crippen molar-refractivity contribution >= 4 is 121 Å². The molecule has 544 valence electrons. The van der Waals surface area contributed by atoms with Crippen molar-refractivity contribution in [1.82, 2.24) is 0 Å². The predicted octanol–water partition coefficient (Wildman–Crippen LogP) is 30.2. The summed E-state index contributed by atoms with van der Waals surface area (Å²) >= 11 is 3.71. The van der Waals surface area contributed by atoms with Crippen LogP contribution in [0.25, 0.3) is 109 Å². The van der Waals surface area contributed by atoms with Crippen LogP contribution in [0.15, 0.2) is 390 Å². The highest BCUT2D eigenvalue weighted by atomic mass is 32.1. The summed E-state index contributed by atoms with van der Waals surface area (Å²) in [6.45, 7) is 16.3. The number of benzene rings is 15. The van der Waals surface area contributed by atoms with E-state index in [9.17, 15) is 0 Å². The van der Waals surface area contributed by atoms with Crippen LogP contribution in [0.1, 0.15) is 72.7 Å². The van der Waals surface area contributed by atoms with E-state index < -0.39 is 0 Å². The molecule has 2 heterocycles. The summed E-state index contributed by atoms with van der Waals surface area (Å²) in [7, 11) is 0. The third kappa shape index (κ3) is 12.5. The van der Waals surface area contributed by atoms with Gasteiger partial charge in [-0.3, -0.25) is 0 Å². The van der Waals surface area contributed by atoms with E-state index in [1.54, 1.807) is 0 Å². The minimum absolute atomic E-state index is 0.208. The first-order valence-corrected chi connectivity index (χ1v) is 41.2. The molecule has 2 aromatic heterocycles. The lowest BCUT2D eigenvalue weighted by atomic mass is 9.64. The molecule has 3 aliphatic rings. The van der Waals surface area contributed by atoms with Gasteiger partial charge < -0.3 is 9.80 Å². The average Bonchev–Trinajstić information content (AvgIpc) is 1.57. The number of anilines is 6. The van der Waals surface area contributed by atoms with Gasteiger partial charge in [0.25, 0.3) is 0 Å². The highest BCUT2D eigenvalue weighted by Gasteiger charge is 2.51. The van der Waals surface area contributed by atoms with Crippen LogP contribution >= 0.6 is 22.7 Å². The number of rotatable bonds is 21. The van der Waals surface area contributed by atoms with Gasteiger partial charge in [0.2, 0.25) is 0 Å². The molecule has 4 heteroatoms. The molecule has 0 amide bonds. The molecule has 0 radical (unpaired) electrons. The van der Waals surface area contributed by atoms with Crippen LogP contribution in [-0.4, -0.2) is 0 Å². The quantitative estimate of drug-likeness (QED) is 0.0707. The largest absolute Gasteiger partial charge is 0.310 e. The van der Waals surface area contributed by atoms with Crippen molar-refractivity contribution in [2.24, 2.45) is 5.92 Å². The van der Waals surface area contributed by atoms with E-state index in [1.165, 1.54) is 118 Å². The maximum atomic E-state index is 4.08. The molecule has 0 aliphatic heterocycles. The molecular weight excluding hydrogens is 1410 g/mol. The molecule has 0 saturated carbocycles. The molecule has 15 aromatic carbocycles. The van der Waals surface area contributed by atoms with Crippen molar-refractivity contribution in [3.05, 3.63) is 457 Å². The predicted molar refractivity (Wildman–Crippen MR) is 491 cm³/mol. The molecule has 20 rings (SSSR count). The second kappa shape index (κ2) is 29.1. The van der Waals surface area contributed by atoms with Crippen LogP contribution in [0, 0.1) is 5.92 Å². The molecule has 0 spiro atoms. The Morgan fingerprint density at radius 2 is 0.632 bits per heavy atom. The van der Waals surface area contributed by atoms with E-state index in [1.807, 2.05) is 47.0 Å². The SMILES string of the molecule is C=Cc1ccc(CC2(Cc3ccc(C=C)cc3)c3ccccc3-c3ccc(-c4ccc(N(c5ccc(-c6ccc(N(c7ccc(-c8ccc9c(c8)C(Cc8ccc(C=C)cc8)(Cc8ccc(C=C)cc8)C8C=CC=CC98)cc7)c7ccc8c(c7)sc7ccccc78)cc6)cc5)c5ccc6c(c5)sc5ccccc56)cc4)cc32)cc1. The first kappa shape index (κ1) is 69.9. The van der Waals surface area contributed by atoms with E-state index >= 15 is 0 Å². The van der Waals surface area contributed by atoms with E-state index in [-0.39, 0.29) is 22.7 Å². The van der Waals surface area contributed by atoms with Gasteiger partial charge in [0.15, 0.2) is 0 Å². The molecule has 114 heavy (non-hydrogen) atoms. The minimum Gasteiger partial charge on any atom is -0.310 e. The van der Waals surface area contributed by atoms with Gasteiger partial charge in [-0.15, -0.1) is 22.7 Å². The van der Waals surface area contributed by atoms with Crippen molar-refractivity contribution < 1.29 is 0 Å². The lowest BCUT2D eigenvalue weighted by molar-refractivity contribution is 0.322. The fourth-order valence-corrected chi connectivity index (χ4v) is 21.2. The first-order chi connectivity index (χ1) is 56.2. The van der Waals surface area contributed by atoms with Gasteiger partial charge in [-0.25, -0.2) is 0 Å². The molecule has 0 N–H and O–H groups in total. The van der Waals surface area contributed by atoms with Gasteiger partial charge in [0, 0.05) is 91.2 Å². The summed E-state index contributed by atoms with van der Waals surface area (Å²) in [5.41, 5.74) is 31.0. The molecule has 0 bridgehead atoms. The molecule has 0 saturated heterocycles. The Balaban J connectivity index is 0.637. The van der Waals surface area contributed by atoms with Crippen molar-refractivity contribution in [3.63, 3.8) is 0 Å². The van der Waals surface area contributed by atoms with Gasteiger partial charge in [-0.05, 0) is 234 Å². The topological polar surface area (TPSA) is 6.48 Å². The Morgan fingerprint density at radius 1 is 0.281 bits per heavy atom. The van der Waals surface area contributed by atoms with E-state index in [2.05, 4.69) is 400 Å². The molecule has 2 atom stereocenters. The summed E-state index contributed by atoms with van der Waals surface area (Å²) in [4.78, 5) is 4.85. The summed E-state index contributed by atoms with van der Waals surface area (Å²) in [5.74, 6) is 0.566. The van der Waals surface area contributed by atoms with Crippen LogP contribution < -0.4 is 9.80 Å². The van der Waals surface area contributed by atoms with E-state index in [0.717, 1.165) is 93.2 Å². The Labute approximate surface area is 676 Å². The molecule has 0 fully saturated rings. The average molecular weight is 1500 g/mol. The monoisotopic (exact) mass is 1490 g/mol. The smallest absolute Gasteiger partial charge is 0.0476 e. The van der Waals surface area contributed by atoms with Gasteiger partial charge in [-0.1, -0.05) is 324 Å². The third-order valence-corrected chi connectivity index (χ3v) is 26.9. The van der Waals surface area contributed by atoms with Gasteiger partial charge in [0.1, 0.15) is 0 Å². The minimum atomic E-state index is -0.327. The van der Waals surface area contributed by atoms with Crippen molar-refractivity contribution in [2.45, 2.75) is 42.4 Å². The normalized spacial score (nSPS) is 14.7. The molecule has 2 nitrogen and oxygen atoms in total. The zero-order valence-corrected chi connectivity index (χ0v) is 65.1. The molecule has 2 unspecified atom stereocenters. The maximum absolute atomic E-state index is 4.08. The third-order valence-electron chi connectivity index (χ3n) is 24.6. The number of thiophene rings is 2. The number of fused-ring (bicyclic) bond motifs is 12. The van der Waals surface area contributed by atoms with Crippen LogP contribution in [0.2, 0.25) is 0 Å². The number of hydrogen-bond acceptors (Lipinski definition) is 4. The highest BCUT2D eigenvalue weighted by Crippen LogP contribution is 2.58. The molecular formula is C110H82N2S2. The highest BCUT2D eigenvalue weighted by molar-refractivity contribution is 7.26. The van der Waals surface area contributed by atoms with E-state index in [0.29, 0.717) is 0 Å². The summed E-state index contributed by atoms with van der Waals surface area (Å²) in [6, 6.07) is 128. The first-order valence-electron chi connectivity index (χ1n) is 39.6. The lowest BCUT2D eigenvalue weighted by Gasteiger charge is -2.38. The van der Waals surface area contributed by atoms with Gasteiger partial charge in [-0.2, -0.15) is 0 Å². The second-order valence-electron chi connectivity index (χ2n) is 31.1. The number of nitrogens with zero attached hydrogens (tertiary/aromatic N) is 2. The van der Waals surface area contributed by atoms with E-state index in [4.69, 9.17) is 0 Å². The van der Waals surface area contributed by atoms with Gasteiger partial charge in [0.05, 0.1) is 0 Å². The van der Waals surface area contributed by atoms with Gasteiger partial charge >= 0.3 is 0 Å². The van der Waals surface area contributed by atoms with Crippen LogP contribution in [0.5, 0.6) is 0 Å². The lowest BCUT2D eigenvalue weighted by Crippen LogP contribution is -2.37. The standard InChI is InChI=1S/C110H82N2S2/c1-5-73-25-33-77(34-26-73)69-109(70-78-35-27-74(6-2)28-36-78)101-21-13-9-17-93(101)95-61-49-85(65-103(95)109)83-45-55-89(56-46-83)111(91-59-63-99-97-19-11-15-23-105(97)113-107(99)67-91)87-51-41-81(42-52-87)82-43-53-88(54-44-82)112(92-60-64-100-98-20-12-16-24-106(98)114-108(100)68-92)90-57-47-84(48-58-90)86-50-62-96-94-18-10-14-22-102(94)110(104(96)66-86,71-79-37-29-75(7-3)30-38-79)72-80-39-31-76(8-4)32-40-80/h5-68,93,101H,1-4,69-72H2. The van der Waals surface area contributed by atoms with Crippen molar-refractivity contribution in [3.8, 4) is 44.5 Å².